The quantitative estimate of drug-likeness (QED) is 0.816. The van der Waals surface area contributed by atoms with Gasteiger partial charge in [0.15, 0.2) is 0 Å². The van der Waals surface area contributed by atoms with Gasteiger partial charge in [-0.2, -0.15) is 15.0 Å². The number of fused-ring (bicyclic) bond motifs is 1. The number of halogens is 1. The zero-order valence-corrected chi connectivity index (χ0v) is 15.3. The van der Waals surface area contributed by atoms with Crippen molar-refractivity contribution in [1.29, 1.82) is 0 Å². The number of aromatic nitrogens is 3. The molecule has 0 radical (unpaired) electrons. The molecule has 1 saturated carbocycles. The monoisotopic (exact) mass is 373 g/mol. The summed E-state index contributed by atoms with van der Waals surface area (Å²) < 4.78 is 0. The molecule has 1 aliphatic carbocycles. The van der Waals surface area contributed by atoms with Crippen molar-refractivity contribution in [3.63, 3.8) is 0 Å². The summed E-state index contributed by atoms with van der Waals surface area (Å²) in [5.74, 6) is 0.0356. The number of piperazine rings is 1. The number of benzene rings is 1. The van der Waals surface area contributed by atoms with Crippen LogP contribution in [0.5, 0.6) is 0 Å². The molecular formula is C18H20ClN5O2. The van der Waals surface area contributed by atoms with E-state index in [4.69, 9.17) is 11.6 Å². The Kier molecular flexibility index (Phi) is 4.40. The molecule has 2 unspecified atom stereocenters. The van der Waals surface area contributed by atoms with E-state index in [1.165, 1.54) is 4.80 Å². The van der Waals surface area contributed by atoms with Crippen LogP contribution in [-0.2, 0) is 17.8 Å². The third-order valence-electron chi connectivity index (χ3n) is 5.11. The Labute approximate surface area is 156 Å². The van der Waals surface area contributed by atoms with Crippen LogP contribution in [0.4, 0.5) is 0 Å². The number of carbonyl (C=O) groups is 2. The van der Waals surface area contributed by atoms with Crippen LogP contribution in [0, 0.1) is 0 Å². The van der Waals surface area contributed by atoms with E-state index in [0.29, 0.717) is 23.7 Å². The van der Waals surface area contributed by atoms with Crippen LogP contribution < -0.4 is 0 Å². The summed E-state index contributed by atoms with van der Waals surface area (Å²) in [5, 5.41) is 8.61. The molecule has 136 valence electrons. The van der Waals surface area contributed by atoms with Gasteiger partial charge in [-0.1, -0.05) is 18.5 Å². The summed E-state index contributed by atoms with van der Waals surface area (Å²) in [6.07, 6.45) is 4.70. The van der Waals surface area contributed by atoms with Gasteiger partial charge in [-0.15, -0.1) is 0 Å². The van der Waals surface area contributed by atoms with E-state index in [2.05, 4.69) is 10.2 Å². The van der Waals surface area contributed by atoms with Crippen LogP contribution in [-0.4, -0.2) is 61.8 Å². The lowest BCUT2D eigenvalue weighted by Crippen LogP contribution is -2.51. The van der Waals surface area contributed by atoms with Crippen LogP contribution in [0.15, 0.2) is 30.6 Å². The smallest absolute Gasteiger partial charge is 0.254 e. The molecule has 1 aromatic heterocycles. The Balaban J connectivity index is 1.45. The van der Waals surface area contributed by atoms with Crippen LogP contribution in [0.25, 0.3) is 0 Å². The summed E-state index contributed by atoms with van der Waals surface area (Å²) in [6, 6.07) is 5.63. The van der Waals surface area contributed by atoms with Gasteiger partial charge in [0.1, 0.15) is 6.54 Å². The molecule has 8 heteroatoms. The van der Waals surface area contributed by atoms with E-state index in [1.54, 1.807) is 18.5 Å². The van der Waals surface area contributed by atoms with Crippen LogP contribution in [0.1, 0.15) is 29.3 Å². The van der Waals surface area contributed by atoms with Gasteiger partial charge >= 0.3 is 0 Å². The molecule has 2 aromatic rings. The second kappa shape index (κ2) is 6.72. The fourth-order valence-electron chi connectivity index (χ4n) is 3.70. The number of aryl methyl sites for hydroxylation is 1. The van der Waals surface area contributed by atoms with Crippen LogP contribution in [0.2, 0.25) is 5.02 Å². The summed E-state index contributed by atoms with van der Waals surface area (Å²) >= 11 is 6.05. The maximum Gasteiger partial charge on any atom is 0.254 e. The summed E-state index contributed by atoms with van der Waals surface area (Å²) in [6.45, 7) is 3.25. The maximum atomic E-state index is 13.0. The highest BCUT2D eigenvalue weighted by molar-refractivity contribution is 6.30. The molecule has 1 aromatic carbocycles. The second-order valence-corrected chi connectivity index (χ2v) is 7.11. The van der Waals surface area contributed by atoms with Gasteiger partial charge < -0.3 is 9.80 Å². The first-order valence-corrected chi connectivity index (χ1v) is 9.19. The van der Waals surface area contributed by atoms with Gasteiger partial charge in [0, 0.05) is 23.7 Å². The maximum absolute atomic E-state index is 13.0. The van der Waals surface area contributed by atoms with E-state index in [0.717, 1.165) is 18.4 Å². The van der Waals surface area contributed by atoms with Crippen molar-refractivity contribution in [2.75, 3.05) is 13.1 Å². The first-order chi connectivity index (χ1) is 12.6. The van der Waals surface area contributed by atoms with Crippen molar-refractivity contribution in [2.45, 2.75) is 38.4 Å². The molecule has 2 aliphatic rings. The van der Waals surface area contributed by atoms with Gasteiger partial charge in [0.05, 0.1) is 24.5 Å². The molecule has 4 rings (SSSR count). The molecule has 0 bridgehead atoms. The first-order valence-electron chi connectivity index (χ1n) is 8.81. The molecule has 2 fully saturated rings. The average molecular weight is 374 g/mol. The summed E-state index contributed by atoms with van der Waals surface area (Å²) in [5.41, 5.74) is 1.67. The van der Waals surface area contributed by atoms with E-state index in [1.807, 2.05) is 28.9 Å². The molecular weight excluding hydrogens is 354 g/mol. The lowest BCUT2D eigenvalue weighted by Gasteiger charge is -2.34. The SMILES string of the molecule is CCc1cc(Cl)ccc1C(=O)N1CCN(C(=O)Cn2nccn2)C2CC21. The molecule has 2 amide bonds. The topological polar surface area (TPSA) is 71.3 Å². The lowest BCUT2D eigenvalue weighted by molar-refractivity contribution is -0.134. The van der Waals surface area contributed by atoms with Gasteiger partial charge in [-0.25, -0.2) is 0 Å². The molecule has 0 N–H and O–H groups in total. The third kappa shape index (κ3) is 3.07. The average Bonchev–Trinajstić information content (AvgIpc) is 3.28. The Morgan fingerprint density at radius 2 is 1.85 bits per heavy atom. The third-order valence-corrected chi connectivity index (χ3v) is 5.34. The highest BCUT2D eigenvalue weighted by atomic mass is 35.5. The van der Waals surface area contributed by atoms with Crippen molar-refractivity contribution in [1.82, 2.24) is 24.8 Å². The van der Waals surface area contributed by atoms with Gasteiger partial charge in [-0.3, -0.25) is 9.59 Å². The fraction of sp³-hybridized carbons (Fsp3) is 0.444. The number of rotatable bonds is 4. The van der Waals surface area contributed by atoms with E-state index in [9.17, 15) is 9.59 Å². The molecule has 0 spiro atoms. The highest BCUT2D eigenvalue weighted by Gasteiger charge is 2.52. The molecule has 2 heterocycles. The second-order valence-electron chi connectivity index (χ2n) is 6.67. The van der Waals surface area contributed by atoms with Crippen LogP contribution >= 0.6 is 11.6 Å². The Morgan fingerprint density at radius 3 is 2.58 bits per heavy atom. The van der Waals surface area contributed by atoms with E-state index >= 15 is 0 Å². The normalized spacial score (nSPS) is 21.5. The predicted molar refractivity (Wildman–Crippen MR) is 95.8 cm³/mol. The molecule has 2 atom stereocenters. The number of amides is 2. The van der Waals surface area contributed by atoms with Crippen molar-refractivity contribution in [2.24, 2.45) is 0 Å². The first kappa shape index (κ1) is 17.0. The fourth-order valence-corrected chi connectivity index (χ4v) is 3.90. The summed E-state index contributed by atoms with van der Waals surface area (Å²) in [4.78, 5) is 30.7. The number of nitrogens with zero attached hydrogens (tertiary/aromatic N) is 5. The van der Waals surface area contributed by atoms with Gasteiger partial charge in [0.2, 0.25) is 5.91 Å². The standard InChI is InChI=1S/C18H20ClN5O2/c1-2-12-9-13(19)3-4-14(12)18(26)23-8-7-22(15-10-16(15)23)17(25)11-24-20-5-6-21-24/h3-6,9,15-16H,2,7-8,10-11H2,1H3. The molecule has 7 nitrogen and oxygen atoms in total. The zero-order chi connectivity index (χ0) is 18.3. The van der Waals surface area contributed by atoms with Gasteiger partial charge in [0.25, 0.3) is 5.91 Å². The van der Waals surface area contributed by atoms with Crippen LogP contribution in [0.3, 0.4) is 0 Å². The van der Waals surface area contributed by atoms with E-state index in [-0.39, 0.29) is 30.4 Å². The van der Waals surface area contributed by atoms with E-state index < -0.39 is 0 Å². The molecule has 26 heavy (non-hydrogen) atoms. The predicted octanol–water partition coefficient (Wildman–Crippen LogP) is 1.62. The van der Waals surface area contributed by atoms with Crippen molar-refractivity contribution >= 4 is 23.4 Å². The van der Waals surface area contributed by atoms with Crippen molar-refractivity contribution < 1.29 is 9.59 Å². The summed E-state index contributed by atoms with van der Waals surface area (Å²) in [7, 11) is 0. The van der Waals surface area contributed by atoms with Crippen molar-refractivity contribution in [3.05, 3.63) is 46.7 Å². The molecule has 1 aliphatic heterocycles. The highest BCUT2D eigenvalue weighted by Crippen LogP contribution is 2.38. The Hall–Kier alpha value is -2.41. The number of hydrogen-bond acceptors (Lipinski definition) is 4. The zero-order valence-electron chi connectivity index (χ0n) is 14.5. The minimum atomic E-state index is 0.00143. The Morgan fingerprint density at radius 1 is 1.15 bits per heavy atom. The number of hydrogen-bond donors (Lipinski definition) is 0. The molecule has 1 saturated heterocycles. The minimum Gasteiger partial charge on any atom is -0.334 e. The number of carbonyl (C=O) groups excluding carboxylic acids is 2. The van der Waals surface area contributed by atoms with Crippen molar-refractivity contribution in [3.8, 4) is 0 Å². The Bertz CT molecular complexity index is 838. The minimum absolute atomic E-state index is 0.00143. The largest absolute Gasteiger partial charge is 0.334 e. The lowest BCUT2D eigenvalue weighted by atomic mass is 10.0. The van der Waals surface area contributed by atoms with Gasteiger partial charge in [-0.05, 0) is 36.6 Å².